The van der Waals surface area contributed by atoms with Crippen molar-refractivity contribution in [3.05, 3.63) is 28.0 Å². The maximum absolute atomic E-state index is 13.4. The fourth-order valence-electron chi connectivity index (χ4n) is 1.55. The minimum atomic E-state index is -0.581. The Bertz CT molecular complexity index is 425. The second kappa shape index (κ2) is 3.80. The van der Waals surface area contributed by atoms with Crippen molar-refractivity contribution in [2.75, 3.05) is 5.75 Å². The summed E-state index contributed by atoms with van der Waals surface area (Å²) in [7, 11) is 0. The fourth-order valence-corrected chi connectivity index (χ4v) is 2.89. The maximum Gasteiger partial charge on any atom is 0.160 e. The Balaban J connectivity index is 2.67. The number of hydrogen-bond acceptors (Lipinski definition) is 2. The van der Waals surface area contributed by atoms with E-state index in [2.05, 4.69) is 0 Å². The van der Waals surface area contributed by atoms with Gasteiger partial charge < -0.3 is 0 Å². The van der Waals surface area contributed by atoms with Crippen molar-refractivity contribution < 1.29 is 4.39 Å². The summed E-state index contributed by atoms with van der Waals surface area (Å²) >= 11 is 7.24. The summed E-state index contributed by atoms with van der Waals surface area (Å²) in [5, 5.41) is 8.90. The number of nitriles is 1. The van der Waals surface area contributed by atoms with Gasteiger partial charge in [-0.25, -0.2) is 4.39 Å². The van der Waals surface area contributed by atoms with Crippen molar-refractivity contribution in [3.8, 4) is 6.07 Å². The zero-order chi connectivity index (χ0) is 10.1. The molecule has 0 aromatic heterocycles. The van der Waals surface area contributed by atoms with E-state index in [0.29, 0.717) is 0 Å². The Kier molecular flexibility index (Phi) is 2.66. The summed E-state index contributed by atoms with van der Waals surface area (Å²) in [5.74, 6) is 0.366. The van der Waals surface area contributed by atoms with Gasteiger partial charge in [0.25, 0.3) is 0 Å². The lowest BCUT2D eigenvalue weighted by molar-refractivity contribution is 0.617. The molecule has 1 aliphatic heterocycles. The molecule has 0 saturated carbocycles. The minimum absolute atomic E-state index is 0.0581. The van der Waals surface area contributed by atoms with E-state index in [1.165, 1.54) is 0 Å². The Morgan fingerprint density at radius 1 is 1.57 bits per heavy atom. The number of halogens is 2. The lowest BCUT2D eigenvalue weighted by atomic mass is 10.1. The van der Waals surface area contributed by atoms with Crippen molar-refractivity contribution in [2.45, 2.75) is 17.7 Å². The first kappa shape index (κ1) is 9.82. The Morgan fingerprint density at radius 2 is 2.36 bits per heavy atom. The molecule has 0 bridgehead atoms. The van der Waals surface area contributed by atoms with Gasteiger partial charge >= 0.3 is 0 Å². The van der Waals surface area contributed by atoms with Crippen LogP contribution in [-0.4, -0.2) is 5.75 Å². The van der Waals surface area contributed by atoms with E-state index in [1.807, 2.05) is 6.07 Å². The number of nitrogens with zero attached hydrogens (tertiary/aromatic N) is 1. The van der Waals surface area contributed by atoms with Gasteiger partial charge in [-0.15, -0.1) is 11.8 Å². The summed E-state index contributed by atoms with van der Waals surface area (Å²) in [6, 6.07) is 3.52. The predicted molar refractivity (Wildman–Crippen MR) is 55.2 cm³/mol. The molecule has 0 spiro atoms. The Hall–Kier alpha value is -0.720. The molecule has 0 unspecified atom stereocenters. The summed E-state index contributed by atoms with van der Waals surface area (Å²) in [6.07, 6.45) is 1.95. The van der Waals surface area contributed by atoms with Gasteiger partial charge in [0.05, 0.1) is 5.02 Å². The number of fused-ring (bicyclic) bond motifs is 1. The molecule has 1 heterocycles. The van der Waals surface area contributed by atoms with Crippen LogP contribution in [0, 0.1) is 17.1 Å². The number of rotatable bonds is 0. The first-order valence-corrected chi connectivity index (χ1v) is 5.64. The molecule has 0 aliphatic carbocycles. The van der Waals surface area contributed by atoms with E-state index in [4.69, 9.17) is 16.9 Å². The van der Waals surface area contributed by atoms with E-state index in [9.17, 15) is 4.39 Å². The summed E-state index contributed by atoms with van der Waals surface area (Å²) < 4.78 is 13.4. The standard InChI is InChI=1S/C10H7ClFNS/c11-8-4-6-2-1-3-14-10(6)7(5-13)9(8)12/h4H,1-3H2. The van der Waals surface area contributed by atoms with Crippen LogP contribution in [0.5, 0.6) is 0 Å². The molecule has 0 atom stereocenters. The van der Waals surface area contributed by atoms with Gasteiger partial charge in [-0.3, -0.25) is 0 Å². The fraction of sp³-hybridized carbons (Fsp3) is 0.300. The van der Waals surface area contributed by atoms with Crippen LogP contribution in [0.25, 0.3) is 0 Å². The minimum Gasteiger partial charge on any atom is -0.204 e. The van der Waals surface area contributed by atoms with Crippen molar-refractivity contribution in [1.29, 1.82) is 5.26 Å². The van der Waals surface area contributed by atoms with E-state index < -0.39 is 5.82 Å². The van der Waals surface area contributed by atoms with Crippen molar-refractivity contribution in [3.63, 3.8) is 0 Å². The van der Waals surface area contributed by atoms with E-state index >= 15 is 0 Å². The molecule has 0 radical (unpaired) electrons. The molecule has 2 rings (SSSR count). The highest BCUT2D eigenvalue weighted by Crippen LogP contribution is 2.36. The van der Waals surface area contributed by atoms with Gasteiger partial charge in [0, 0.05) is 4.90 Å². The third-order valence-electron chi connectivity index (χ3n) is 2.20. The average Bonchev–Trinajstić information content (AvgIpc) is 2.20. The molecular weight excluding hydrogens is 221 g/mol. The maximum atomic E-state index is 13.4. The van der Waals surface area contributed by atoms with Gasteiger partial charge in [0.1, 0.15) is 11.6 Å². The second-order valence-electron chi connectivity index (χ2n) is 3.10. The lowest BCUT2D eigenvalue weighted by Crippen LogP contribution is -2.03. The van der Waals surface area contributed by atoms with Crippen molar-refractivity contribution in [2.24, 2.45) is 0 Å². The van der Waals surface area contributed by atoms with Crippen LogP contribution in [-0.2, 0) is 6.42 Å². The largest absolute Gasteiger partial charge is 0.204 e. The van der Waals surface area contributed by atoms with Crippen LogP contribution in [0.15, 0.2) is 11.0 Å². The molecular formula is C10H7ClFNS. The molecule has 1 aromatic rings. The number of aryl methyl sites for hydroxylation is 1. The van der Waals surface area contributed by atoms with Gasteiger partial charge in [-0.05, 0) is 30.2 Å². The molecule has 1 nitrogen and oxygen atoms in total. The summed E-state index contributed by atoms with van der Waals surface area (Å²) in [6.45, 7) is 0. The Labute approximate surface area is 90.9 Å². The van der Waals surface area contributed by atoms with Crippen LogP contribution in [0.3, 0.4) is 0 Å². The van der Waals surface area contributed by atoms with Crippen LogP contribution in [0.4, 0.5) is 4.39 Å². The normalized spacial score (nSPS) is 14.6. The molecule has 0 fully saturated rings. The van der Waals surface area contributed by atoms with E-state index in [1.54, 1.807) is 17.8 Å². The number of benzene rings is 1. The zero-order valence-electron chi connectivity index (χ0n) is 7.31. The lowest BCUT2D eigenvalue weighted by Gasteiger charge is -2.17. The molecule has 4 heteroatoms. The number of thioether (sulfide) groups is 1. The van der Waals surface area contributed by atoms with Crippen molar-refractivity contribution in [1.82, 2.24) is 0 Å². The molecule has 72 valence electrons. The smallest absolute Gasteiger partial charge is 0.160 e. The predicted octanol–water partition coefficient (Wildman–Crippen LogP) is 3.39. The molecule has 0 N–H and O–H groups in total. The van der Waals surface area contributed by atoms with Crippen molar-refractivity contribution >= 4 is 23.4 Å². The summed E-state index contributed by atoms with van der Waals surface area (Å²) in [5.41, 5.74) is 1.11. The van der Waals surface area contributed by atoms with Gasteiger partial charge in [0.15, 0.2) is 5.82 Å². The van der Waals surface area contributed by atoms with Crippen LogP contribution < -0.4 is 0 Å². The first-order valence-electron chi connectivity index (χ1n) is 4.28. The van der Waals surface area contributed by atoms with Crippen LogP contribution in [0.2, 0.25) is 5.02 Å². The third kappa shape index (κ3) is 1.49. The first-order chi connectivity index (χ1) is 6.74. The highest BCUT2D eigenvalue weighted by molar-refractivity contribution is 7.99. The number of hydrogen-bond donors (Lipinski definition) is 0. The van der Waals surface area contributed by atoms with Crippen LogP contribution in [0.1, 0.15) is 17.5 Å². The Morgan fingerprint density at radius 3 is 3.07 bits per heavy atom. The van der Waals surface area contributed by atoms with Gasteiger partial charge in [0.2, 0.25) is 0 Å². The van der Waals surface area contributed by atoms with E-state index in [0.717, 1.165) is 29.1 Å². The third-order valence-corrected chi connectivity index (χ3v) is 3.72. The second-order valence-corrected chi connectivity index (χ2v) is 4.61. The monoisotopic (exact) mass is 227 g/mol. The molecule has 1 aliphatic rings. The highest BCUT2D eigenvalue weighted by atomic mass is 35.5. The topological polar surface area (TPSA) is 23.8 Å². The molecule has 0 amide bonds. The molecule has 0 saturated heterocycles. The van der Waals surface area contributed by atoms with E-state index in [-0.39, 0.29) is 10.6 Å². The van der Waals surface area contributed by atoms with Crippen LogP contribution >= 0.6 is 23.4 Å². The molecule has 1 aromatic carbocycles. The van der Waals surface area contributed by atoms with Gasteiger partial charge in [-0.1, -0.05) is 11.6 Å². The molecule has 14 heavy (non-hydrogen) atoms. The average molecular weight is 228 g/mol. The zero-order valence-corrected chi connectivity index (χ0v) is 8.88. The van der Waals surface area contributed by atoms with Gasteiger partial charge in [-0.2, -0.15) is 5.26 Å². The quantitative estimate of drug-likeness (QED) is 0.679. The highest BCUT2D eigenvalue weighted by Gasteiger charge is 2.19. The summed E-state index contributed by atoms with van der Waals surface area (Å²) in [4.78, 5) is 0.778. The SMILES string of the molecule is N#Cc1c(F)c(Cl)cc2c1SCCC2.